The van der Waals surface area contributed by atoms with Crippen LogP contribution in [0, 0.1) is 5.92 Å². The van der Waals surface area contributed by atoms with Crippen molar-refractivity contribution in [3.8, 4) is 5.75 Å². The highest BCUT2D eigenvalue weighted by atomic mass is 79.9. The van der Waals surface area contributed by atoms with E-state index in [-0.39, 0.29) is 22.7 Å². The molecule has 118 valence electrons. The molecule has 0 heterocycles. The number of hydrogen-bond acceptors (Lipinski definition) is 3. The molecule has 1 unspecified atom stereocenters. The fraction of sp³-hybridized carbons (Fsp3) is 0.462. The third-order valence-electron chi connectivity index (χ3n) is 2.68. The molecule has 8 heteroatoms. The number of halogens is 4. The molecule has 0 saturated carbocycles. The topological polar surface area (TPSA) is 58.6 Å². The summed E-state index contributed by atoms with van der Waals surface area (Å²) >= 11 is 3.00. The maximum absolute atomic E-state index is 12.1. The average molecular weight is 370 g/mol. The summed E-state index contributed by atoms with van der Waals surface area (Å²) in [5, 5.41) is 11.9. The van der Waals surface area contributed by atoms with Gasteiger partial charge >= 0.3 is 12.3 Å². The number of nitrogens with one attached hydrogen (secondary N) is 1. The van der Waals surface area contributed by atoms with Crippen molar-refractivity contribution in [3.63, 3.8) is 0 Å². The van der Waals surface area contributed by atoms with Crippen LogP contribution < -0.4 is 10.1 Å². The first kappa shape index (κ1) is 17.8. The zero-order chi connectivity index (χ0) is 16.2. The van der Waals surface area contributed by atoms with Gasteiger partial charge in [0.15, 0.2) is 0 Å². The van der Waals surface area contributed by atoms with Crippen molar-refractivity contribution in [2.75, 3.05) is 0 Å². The summed E-state index contributed by atoms with van der Waals surface area (Å²) in [7, 11) is 0. The third kappa shape index (κ3) is 5.92. The van der Waals surface area contributed by atoms with Crippen LogP contribution in [0.3, 0.4) is 0 Å². The number of carboxylic acid groups (broad SMARTS) is 1. The minimum atomic E-state index is -4.76. The second-order valence-electron chi connectivity index (χ2n) is 4.75. The van der Waals surface area contributed by atoms with E-state index in [9.17, 15) is 18.0 Å². The van der Waals surface area contributed by atoms with Crippen molar-refractivity contribution in [3.05, 3.63) is 28.2 Å². The maximum Gasteiger partial charge on any atom is 0.573 e. The van der Waals surface area contributed by atoms with Crippen LogP contribution in [-0.4, -0.2) is 23.5 Å². The second kappa shape index (κ2) is 7.13. The molecular weight excluding hydrogens is 355 g/mol. The smallest absolute Gasteiger partial charge is 0.480 e. The lowest BCUT2D eigenvalue weighted by molar-refractivity contribution is -0.274. The van der Waals surface area contributed by atoms with Crippen LogP contribution in [0.2, 0.25) is 0 Å². The molecule has 21 heavy (non-hydrogen) atoms. The summed E-state index contributed by atoms with van der Waals surface area (Å²) < 4.78 is 40.4. The molecule has 1 atom stereocenters. The van der Waals surface area contributed by atoms with E-state index >= 15 is 0 Å². The van der Waals surface area contributed by atoms with Gasteiger partial charge in [-0.1, -0.05) is 19.9 Å². The normalized spacial score (nSPS) is 13.3. The number of rotatable bonds is 6. The molecule has 0 fully saturated rings. The summed E-state index contributed by atoms with van der Waals surface area (Å²) in [6.45, 7) is 3.75. The first-order valence-corrected chi connectivity index (χ1v) is 6.90. The van der Waals surface area contributed by atoms with Crippen molar-refractivity contribution in [1.82, 2.24) is 5.32 Å². The standard InChI is InChI=1S/C13H15BrF3NO3/c1-7(2)11(12(19)20)18-6-8-3-4-10(9(14)5-8)21-13(15,16)17/h3-5,7,11,18H,6H2,1-2H3,(H,19,20). The van der Waals surface area contributed by atoms with Gasteiger partial charge in [0.05, 0.1) is 4.47 Å². The molecule has 0 spiro atoms. The van der Waals surface area contributed by atoms with Crippen LogP contribution in [0.25, 0.3) is 0 Å². The third-order valence-corrected chi connectivity index (χ3v) is 3.30. The van der Waals surface area contributed by atoms with Crippen molar-refractivity contribution in [2.24, 2.45) is 5.92 Å². The Morgan fingerprint density at radius 2 is 2.05 bits per heavy atom. The molecule has 0 aliphatic rings. The molecule has 0 aromatic heterocycles. The minimum absolute atomic E-state index is 0.112. The highest BCUT2D eigenvalue weighted by Crippen LogP contribution is 2.31. The SMILES string of the molecule is CC(C)C(NCc1ccc(OC(F)(F)F)c(Br)c1)C(=O)O. The van der Waals surface area contributed by atoms with Crippen LogP contribution in [0.4, 0.5) is 13.2 Å². The lowest BCUT2D eigenvalue weighted by Gasteiger charge is -2.18. The summed E-state index contributed by atoms with van der Waals surface area (Å²) in [6.07, 6.45) is -4.76. The molecule has 0 aliphatic heterocycles. The summed E-state index contributed by atoms with van der Waals surface area (Å²) in [5.41, 5.74) is 0.642. The number of hydrogen-bond donors (Lipinski definition) is 2. The van der Waals surface area contributed by atoms with E-state index in [2.05, 4.69) is 26.0 Å². The van der Waals surface area contributed by atoms with Gasteiger partial charge < -0.3 is 15.2 Å². The largest absolute Gasteiger partial charge is 0.573 e. The number of aliphatic carboxylic acids is 1. The molecule has 2 N–H and O–H groups in total. The molecule has 1 aromatic carbocycles. The van der Waals surface area contributed by atoms with E-state index in [1.165, 1.54) is 18.2 Å². The summed E-state index contributed by atoms with van der Waals surface area (Å²) in [4.78, 5) is 11.0. The average Bonchev–Trinajstić information content (AvgIpc) is 2.30. The van der Waals surface area contributed by atoms with Crippen molar-refractivity contribution >= 4 is 21.9 Å². The molecule has 0 bridgehead atoms. The van der Waals surface area contributed by atoms with Crippen molar-refractivity contribution < 1.29 is 27.8 Å². The minimum Gasteiger partial charge on any atom is -0.480 e. The number of alkyl halides is 3. The van der Waals surface area contributed by atoms with Gasteiger partial charge in [0.2, 0.25) is 0 Å². The van der Waals surface area contributed by atoms with Gasteiger partial charge in [-0.3, -0.25) is 4.79 Å². The van der Waals surface area contributed by atoms with E-state index in [4.69, 9.17) is 5.11 Å². The number of ether oxygens (including phenoxy) is 1. The number of carboxylic acids is 1. The Hall–Kier alpha value is -1.28. The predicted octanol–water partition coefficient (Wildman–Crippen LogP) is 3.55. The molecule has 0 saturated heterocycles. The van der Waals surface area contributed by atoms with E-state index in [1.54, 1.807) is 13.8 Å². The fourth-order valence-electron chi connectivity index (χ4n) is 1.70. The Morgan fingerprint density at radius 1 is 1.43 bits per heavy atom. The van der Waals surface area contributed by atoms with Crippen LogP contribution in [0.1, 0.15) is 19.4 Å². The first-order valence-electron chi connectivity index (χ1n) is 6.10. The van der Waals surface area contributed by atoms with Gasteiger partial charge in [-0.25, -0.2) is 0 Å². The Bertz CT molecular complexity index is 506. The molecule has 0 radical (unpaired) electrons. The van der Waals surface area contributed by atoms with Gasteiger partial charge in [-0.15, -0.1) is 13.2 Å². The fourth-order valence-corrected chi connectivity index (χ4v) is 2.20. The Labute approximate surface area is 128 Å². The Morgan fingerprint density at radius 3 is 2.48 bits per heavy atom. The molecule has 4 nitrogen and oxygen atoms in total. The lowest BCUT2D eigenvalue weighted by Crippen LogP contribution is -2.40. The molecular formula is C13H15BrF3NO3. The molecule has 0 amide bonds. The first-order chi connectivity index (χ1) is 9.60. The van der Waals surface area contributed by atoms with Crippen LogP contribution in [0.5, 0.6) is 5.75 Å². The second-order valence-corrected chi connectivity index (χ2v) is 5.61. The van der Waals surface area contributed by atoms with Gasteiger partial charge in [-0.2, -0.15) is 0 Å². The van der Waals surface area contributed by atoms with E-state index in [0.717, 1.165) is 0 Å². The Balaban J connectivity index is 2.74. The zero-order valence-corrected chi connectivity index (χ0v) is 13.0. The number of benzene rings is 1. The van der Waals surface area contributed by atoms with Crippen molar-refractivity contribution in [1.29, 1.82) is 0 Å². The van der Waals surface area contributed by atoms with Crippen LogP contribution in [-0.2, 0) is 11.3 Å². The molecule has 0 aliphatic carbocycles. The van der Waals surface area contributed by atoms with Crippen molar-refractivity contribution in [2.45, 2.75) is 32.8 Å². The molecule has 1 rings (SSSR count). The summed E-state index contributed by atoms with van der Waals surface area (Å²) in [6, 6.07) is 3.35. The zero-order valence-electron chi connectivity index (χ0n) is 11.4. The van der Waals surface area contributed by atoms with Crippen LogP contribution >= 0.6 is 15.9 Å². The quantitative estimate of drug-likeness (QED) is 0.804. The monoisotopic (exact) mass is 369 g/mol. The van der Waals surface area contributed by atoms with E-state index in [0.29, 0.717) is 5.56 Å². The van der Waals surface area contributed by atoms with E-state index < -0.39 is 18.4 Å². The van der Waals surface area contributed by atoms with Gasteiger partial charge in [-0.05, 0) is 39.5 Å². The van der Waals surface area contributed by atoms with Crippen LogP contribution in [0.15, 0.2) is 22.7 Å². The van der Waals surface area contributed by atoms with Gasteiger partial charge in [0.1, 0.15) is 11.8 Å². The highest BCUT2D eigenvalue weighted by molar-refractivity contribution is 9.10. The number of carbonyl (C=O) groups is 1. The Kier molecular flexibility index (Phi) is 6.03. The predicted molar refractivity (Wildman–Crippen MR) is 73.9 cm³/mol. The maximum atomic E-state index is 12.1. The van der Waals surface area contributed by atoms with E-state index in [1.807, 2.05) is 0 Å². The lowest BCUT2D eigenvalue weighted by atomic mass is 10.0. The van der Waals surface area contributed by atoms with Gasteiger partial charge in [0.25, 0.3) is 0 Å². The summed E-state index contributed by atoms with van der Waals surface area (Å²) in [5.74, 6) is -1.43. The van der Waals surface area contributed by atoms with Gasteiger partial charge in [0, 0.05) is 6.54 Å². The highest BCUT2D eigenvalue weighted by Gasteiger charge is 2.32. The molecule has 1 aromatic rings.